The summed E-state index contributed by atoms with van der Waals surface area (Å²) in [5, 5.41) is 11.8. The second kappa shape index (κ2) is 7.84. The molecule has 6 heteroatoms. The van der Waals surface area contributed by atoms with Crippen LogP contribution in [0, 0.1) is 11.3 Å². The van der Waals surface area contributed by atoms with E-state index >= 15 is 0 Å². The topological polar surface area (TPSA) is 79.9 Å². The van der Waals surface area contributed by atoms with Gasteiger partial charge in [0.1, 0.15) is 11.8 Å². The molecule has 0 radical (unpaired) electrons. The van der Waals surface area contributed by atoms with E-state index in [9.17, 15) is 4.79 Å². The largest absolute Gasteiger partial charge is 0.480 e. The fourth-order valence-corrected chi connectivity index (χ4v) is 1.94. The highest BCUT2D eigenvalue weighted by Gasteiger charge is 2.15. The molecule has 1 aromatic heterocycles. The van der Waals surface area contributed by atoms with Gasteiger partial charge in [0.2, 0.25) is 0 Å². The summed E-state index contributed by atoms with van der Waals surface area (Å²) in [7, 11) is 0. The van der Waals surface area contributed by atoms with E-state index in [4.69, 9.17) is 10.00 Å². The van der Waals surface area contributed by atoms with E-state index in [1.54, 1.807) is 43.7 Å². The van der Waals surface area contributed by atoms with Crippen molar-refractivity contribution in [3.05, 3.63) is 48.5 Å². The third-order valence-electron chi connectivity index (χ3n) is 3.13. The summed E-state index contributed by atoms with van der Waals surface area (Å²) < 4.78 is 7.50. The number of hydrogen-bond donors (Lipinski definition) is 1. The Bertz CT molecular complexity index is 646. The fraction of sp³-hybridized carbons (Fsp3) is 0.312. The van der Waals surface area contributed by atoms with E-state index in [0.717, 1.165) is 13.0 Å². The highest BCUT2D eigenvalue weighted by atomic mass is 16.5. The van der Waals surface area contributed by atoms with Crippen LogP contribution < -0.4 is 10.1 Å². The Morgan fingerprint density at radius 3 is 3.05 bits per heavy atom. The molecule has 1 amide bonds. The number of nitriles is 1. The molecule has 1 atom stereocenters. The van der Waals surface area contributed by atoms with Crippen molar-refractivity contribution < 1.29 is 9.53 Å². The van der Waals surface area contributed by atoms with Gasteiger partial charge in [-0.15, -0.1) is 0 Å². The minimum Gasteiger partial charge on any atom is -0.480 e. The number of nitrogens with zero attached hydrogens (tertiary/aromatic N) is 3. The lowest BCUT2D eigenvalue weighted by Crippen LogP contribution is -2.37. The molecule has 0 aliphatic heterocycles. The first-order chi connectivity index (χ1) is 10.7. The monoisotopic (exact) mass is 298 g/mol. The molecule has 1 aromatic carbocycles. The van der Waals surface area contributed by atoms with Crippen LogP contribution in [0.2, 0.25) is 0 Å². The van der Waals surface area contributed by atoms with Crippen molar-refractivity contribution in [2.45, 2.75) is 26.0 Å². The van der Waals surface area contributed by atoms with Gasteiger partial charge >= 0.3 is 0 Å². The van der Waals surface area contributed by atoms with Crippen LogP contribution in [0.1, 0.15) is 18.9 Å². The number of aryl methyl sites for hydroxylation is 1. The van der Waals surface area contributed by atoms with Crippen molar-refractivity contribution in [3.63, 3.8) is 0 Å². The number of nitrogens with one attached hydrogen (secondary N) is 1. The summed E-state index contributed by atoms with van der Waals surface area (Å²) in [6.45, 7) is 3.02. The number of hydrogen-bond acceptors (Lipinski definition) is 4. The van der Waals surface area contributed by atoms with E-state index in [2.05, 4.69) is 10.3 Å². The number of ether oxygens (including phenoxy) is 1. The Kier molecular flexibility index (Phi) is 5.55. The molecule has 0 aliphatic rings. The zero-order chi connectivity index (χ0) is 15.8. The molecule has 22 heavy (non-hydrogen) atoms. The summed E-state index contributed by atoms with van der Waals surface area (Å²) in [4.78, 5) is 15.9. The third kappa shape index (κ3) is 4.35. The molecule has 6 nitrogen and oxygen atoms in total. The number of benzene rings is 1. The first-order valence-electron chi connectivity index (χ1n) is 7.10. The van der Waals surface area contributed by atoms with Crippen LogP contribution in [0.5, 0.6) is 5.75 Å². The average molecular weight is 298 g/mol. The number of carbonyl (C=O) groups is 1. The molecule has 0 fully saturated rings. The predicted molar refractivity (Wildman–Crippen MR) is 81.1 cm³/mol. The van der Waals surface area contributed by atoms with Gasteiger partial charge in [0.05, 0.1) is 11.9 Å². The van der Waals surface area contributed by atoms with E-state index in [-0.39, 0.29) is 5.91 Å². The van der Waals surface area contributed by atoms with E-state index in [0.29, 0.717) is 17.9 Å². The first kappa shape index (κ1) is 15.6. The zero-order valence-corrected chi connectivity index (χ0v) is 12.4. The summed E-state index contributed by atoms with van der Waals surface area (Å²) >= 11 is 0. The average Bonchev–Trinajstić information content (AvgIpc) is 3.05. The molecule has 0 saturated carbocycles. The molecule has 1 heterocycles. The van der Waals surface area contributed by atoms with Gasteiger partial charge in [0.15, 0.2) is 6.10 Å². The van der Waals surface area contributed by atoms with Gasteiger partial charge in [-0.2, -0.15) is 5.26 Å². The van der Waals surface area contributed by atoms with Gasteiger partial charge in [0, 0.05) is 25.5 Å². The van der Waals surface area contributed by atoms with Crippen LogP contribution in [0.3, 0.4) is 0 Å². The van der Waals surface area contributed by atoms with Crippen LogP contribution >= 0.6 is 0 Å². The highest BCUT2D eigenvalue weighted by Crippen LogP contribution is 2.18. The smallest absolute Gasteiger partial charge is 0.260 e. The molecule has 1 unspecified atom stereocenters. The standard InChI is InChI=1S/C16H18N4O2/c1-13(22-15-6-3-2-5-14(15)11-17)16(21)19-7-4-9-20-10-8-18-12-20/h2-3,5-6,8,10,12-13H,4,7,9H2,1H3,(H,19,21). The Labute approximate surface area is 129 Å². The van der Waals surface area contributed by atoms with Crippen molar-refractivity contribution in [2.75, 3.05) is 6.54 Å². The molecule has 0 bridgehead atoms. The SMILES string of the molecule is CC(Oc1ccccc1C#N)C(=O)NCCCn1ccnc1. The van der Waals surface area contributed by atoms with Crippen LogP contribution in [0.15, 0.2) is 43.0 Å². The van der Waals surface area contributed by atoms with Crippen LogP contribution in [-0.4, -0.2) is 28.1 Å². The van der Waals surface area contributed by atoms with Gasteiger partial charge < -0.3 is 14.6 Å². The fourth-order valence-electron chi connectivity index (χ4n) is 1.94. The number of para-hydroxylation sites is 1. The van der Waals surface area contributed by atoms with Crippen molar-refractivity contribution in [1.82, 2.24) is 14.9 Å². The molecule has 2 aromatic rings. The lowest BCUT2D eigenvalue weighted by molar-refractivity contribution is -0.127. The van der Waals surface area contributed by atoms with Crippen LogP contribution in [0.4, 0.5) is 0 Å². The number of amides is 1. The van der Waals surface area contributed by atoms with Gasteiger partial charge in [0.25, 0.3) is 5.91 Å². The molecular formula is C16H18N4O2. The Hall–Kier alpha value is -2.81. The van der Waals surface area contributed by atoms with E-state index in [1.807, 2.05) is 16.8 Å². The van der Waals surface area contributed by atoms with Gasteiger partial charge in [-0.25, -0.2) is 4.98 Å². The molecule has 0 saturated heterocycles. The molecule has 0 spiro atoms. The zero-order valence-electron chi connectivity index (χ0n) is 12.4. The van der Waals surface area contributed by atoms with Crippen LogP contribution in [-0.2, 0) is 11.3 Å². The van der Waals surface area contributed by atoms with Gasteiger partial charge in [-0.05, 0) is 25.5 Å². The molecule has 114 valence electrons. The van der Waals surface area contributed by atoms with Crippen molar-refractivity contribution in [2.24, 2.45) is 0 Å². The Morgan fingerprint density at radius 2 is 2.32 bits per heavy atom. The third-order valence-corrected chi connectivity index (χ3v) is 3.13. The lowest BCUT2D eigenvalue weighted by Gasteiger charge is -2.15. The van der Waals surface area contributed by atoms with Crippen molar-refractivity contribution in [1.29, 1.82) is 5.26 Å². The normalized spacial score (nSPS) is 11.5. The predicted octanol–water partition coefficient (Wildman–Crippen LogP) is 1.73. The maximum Gasteiger partial charge on any atom is 0.260 e. The molecule has 0 aliphatic carbocycles. The molecule has 1 N–H and O–H groups in total. The summed E-state index contributed by atoms with van der Waals surface area (Å²) in [5.74, 6) is 0.226. The minimum absolute atomic E-state index is 0.196. The van der Waals surface area contributed by atoms with Crippen molar-refractivity contribution >= 4 is 5.91 Å². The second-order valence-electron chi connectivity index (χ2n) is 4.81. The number of aromatic nitrogens is 2. The Morgan fingerprint density at radius 1 is 1.50 bits per heavy atom. The summed E-state index contributed by atoms with van der Waals surface area (Å²) in [6, 6.07) is 8.91. The number of imidazole rings is 1. The van der Waals surface area contributed by atoms with Crippen LogP contribution in [0.25, 0.3) is 0 Å². The second-order valence-corrected chi connectivity index (χ2v) is 4.81. The lowest BCUT2D eigenvalue weighted by atomic mass is 10.2. The highest BCUT2D eigenvalue weighted by molar-refractivity contribution is 5.80. The minimum atomic E-state index is -0.650. The molecular weight excluding hydrogens is 280 g/mol. The quantitative estimate of drug-likeness (QED) is 0.789. The van der Waals surface area contributed by atoms with Crippen molar-refractivity contribution in [3.8, 4) is 11.8 Å². The maximum atomic E-state index is 12.0. The summed E-state index contributed by atoms with van der Waals surface area (Å²) in [6.07, 6.45) is 5.51. The maximum absolute atomic E-state index is 12.0. The Balaban J connectivity index is 1.76. The summed E-state index contributed by atoms with van der Waals surface area (Å²) in [5.41, 5.74) is 0.419. The number of rotatable bonds is 7. The first-order valence-corrected chi connectivity index (χ1v) is 7.10. The van der Waals surface area contributed by atoms with E-state index in [1.165, 1.54) is 0 Å². The van der Waals surface area contributed by atoms with E-state index < -0.39 is 6.10 Å². The van der Waals surface area contributed by atoms with Gasteiger partial charge in [-0.3, -0.25) is 4.79 Å². The molecule has 2 rings (SSSR count). The van der Waals surface area contributed by atoms with Gasteiger partial charge in [-0.1, -0.05) is 12.1 Å². The number of carbonyl (C=O) groups excluding carboxylic acids is 1.